The highest BCUT2D eigenvalue weighted by Gasteiger charge is 2.25. The fourth-order valence-electron chi connectivity index (χ4n) is 20.7. The summed E-state index contributed by atoms with van der Waals surface area (Å²) in [6.45, 7) is 0. The van der Waals surface area contributed by atoms with Crippen LogP contribution in [0, 0.1) is 0 Å². The van der Waals surface area contributed by atoms with Gasteiger partial charge in [0.1, 0.15) is 67.0 Å². The predicted molar refractivity (Wildman–Crippen MR) is 571 cm³/mol. The van der Waals surface area contributed by atoms with Crippen molar-refractivity contribution in [1.82, 2.24) is 0 Å². The van der Waals surface area contributed by atoms with Crippen LogP contribution < -0.4 is 14.7 Å². The molecule has 0 radical (unpaired) electrons. The van der Waals surface area contributed by atoms with Gasteiger partial charge in [0, 0.05) is 152 Å². The summed E-state index contributed by atoms with van der Waals surface area (Å²) in [6.07, 6.45) is 0. The molecule has 0 amide bonds. The predicted octanol–water partition coefficient (Wildman–Crippen LogP) is 37.6. The fraction of sp³-hybridized carbons (Fsp3) is 0. The highest BCUT2D eigenvalue weighted by atomic mass is 16.3. The molecule has 6 heterocycles. The lowest BCUT2D eigenvalue weighted by molar-refractivity contribution is 0.668. The van der Waals surface area contributed by atoms with Gasteiger partial charge in [0.15, 0.2) is 0 Å². The Kier molecular flexibility index (Phi) is 18.5. The molecule has 0 aliphatic heterocycles. The largest absolute Gasteiger partial charge is 0.456 e. The molecule has 0 fully saturated rings. The van der Waals surface area contributed by atoms with Gasteiger partial charge in [-0.15, -0.1) is 0 Å². The average molecular weight is 1760 g/mol. The number of rotatable bonds is 12. The van der Waals surface area contributed by atoms with Crippen LogP contribution in [0.5, 0.6) is 0 Å². The van der Waals surface area contributed by atoms with E-state index in [1.807, 2.05) is 72.8 Å². The van der Waals surface area contributed by atoms with E-state index in [1.165, 1.54) is 87.2 Å². The van der Waals surface area contributed by atoms with Crippen molar-refractivity contribution in [2.75, 3.05) is 14.7 Å². The molecule has 6 aromatic heterocycles. The molecule has 0 aliphatic carbocycles. The van der Waals surface area contributed by atoms with Gasteiger partial charge in [-0.05, 0) is 240 Å². The molecule has 0 unspecified atom stereocenters. The summed E-state index contributed by atoms with van der Waals surface area (Å²) in [5, 5.41) is 25.5. The quantitative estimate of drug-likeness (QED) is 0.119. The van der Waals surface area contributed by atoms with Gasteiger partial charge in [0.2, 0.25) is 0 Å². The molecule has 29 rings (SSSR count). The molecule has 137 heavy (non-hydrogen) atoms. The molecule has 9 nitrogen and oxygen atoms in total. The molecule has 0 saturated heterocycles. The molecule has 23 aromatic carbocycles. The smallest absolute Gasteiger partial charge is 0.137 e. The van der Waals surface area contributed by atoms with E-state index < -0.39 is 0 Å². The normalized spacial score (nSPS) is 11.8. The summed E-state index contributed by atoms with van der Waals surface area (Å²) in [5.74, 6) is 0. The Morgan fingerprint density at radius 3 is 0.774 bits per heavy atom. The summed E-state index contributed by atoms with van der Waals surface area (Å²) in [7, 11) is 0. The minimum absolute atomic E-state index is 0.860. The number of fused-ring (bicyclic) bond motifs is 23. The van der Waals surface area contributed by atoms with Crippen LogP contribution in [0.15, 0.2) is 506 Å². The average Bonchev–Trinajstić information content (AvgIpc) is 1.57. The molecule has 9 heteroatoms. The van der Waals surface area contributed by atoms with E-state index in [1.54, 1.807) is 0 Å². The molecule has 0 atom stereocenters. The maximum atomic E-state index is 6.34. The first-order valence-electron chi connectivity index (χ1n) is 46.3. The Balaban J connectivity index is 0.000000104. The van der Waals surface area contributed by atoms with Gasteiger partial charge in [-0.2, -0.15) is 0 Å². The fourth-order valence-corrected chi connectivity index (χ4v) is 20.7. The Morgan fingerprint density at radius 2 is 0.372 bits per heavy atom. The monoisotopic (exact) mass is 1750 g/mol. The number of anilines is 9. The van der Waals surface area contributed by atoms with Crippen LogP contribution in [0.4, 0.5) is 51.2 Å². The Bertz CT molecular complexity index is 9540. The van der Waals surface area contributed by atoms with Crippen molar-refractivity contribution in [3.8, 4) is 33.4 Å². The van der Waals surface area contributed by atoms with Gasteiger partial charge in [-0.1, -0.05) is 285 Å². The first-order chi connectivity index (χ1) is 67.8. The first kappa shape index (κ1) is 78.4. The highest BCUT2D eigenvalue weighted by molar-refractivity contribution is 6.15. The maximum absolute atomic E-state index is 6.34. The van der Waals surface area contributed by atoms with Gasteiger partial charge in [-0.3, -0.25) is 0 Å². The second-order valence-corrected chi connectivity index (χ2v) is 35.3. The van der Waals surface area contributed by atoms with Crippen molar-refractivity contribution in [1.29, 1.82) is 0 Å². The van der Waals surface area contributed by atoms with Crippen LogP contribution in [0.25, 0.3) is 219 Å². The van der Waals surface area contributed by atoms with E-state index in [0.717, 1.165) is 183 Å². The molecule has 29 aromatic rings. The molecular formula is C128H79N3O6. The summed E-state index contributed by atoms with van der Waals surface area (Å²) in [4.78, 5) is 6.89. The van der Waals surface area contributed by atoms with Gasteiger partial charge in [0.25, 0.3) is 0 Å². The molecule has 0 N–H and O–H groups in total. The second-order valence-electron chi connectivity index (χ2n) is 35.3. The van der Waals surface area contributed by atoms with E-state index in [0.29, 0.717) is 0 Å². The van der Waals surface area contributed by atoms with Crippen LogP contribution in [-0.4, -0.2) is 0 Å². The zero-order chi connectivity index (χ0) is 90.1. The highest BCUT2D eigenvalue weighted by Crippen LogP contribution is 2.50. The van der Waals surface area contributed by atoms with E-state index >= 15 is 0 Å². The van der Waals surface area contributed by atoms with E-state index in [-0.39, 0.29) is 0 Å². The number of hydrogen-bond acceptors (Lipinski definition) is 9. The van der Waals surface area contributed by atoms with E-state index in [4.69, 9.17) is 26.5 Å². The van der Waals surface area contributed by atoms with Crippen LogP contribution in [0.2, 0.25) is 0 Å². The number of para-hydroxylation sites is 6. The maximum Gasteiger partial charge on any atom is 0.137 e. The van der Waals surface area contributed by atoms with Crippen LogP contribution in [0.3, 0.4) is 0 Å². The topological polar surface area (TPSA) is 88.6 Å². The second kappa shape index (κ2) is 32.2. The minimum Gasteiger partial charge on any atom is -0.456 e. The number of hydrogen-bond donors (Lipinski definition) is 0. The van der Waals surface area contributed by atoms with Crippen molar-refractivity contribution in [3.05, 3.63) is 479 Å². The molecule has 0 aliphatic rings. The molecule has 0 bridgehead atoms. The summed E-state index contributed by atoms with van der Waals surface area (Å²) < 4.78 is 38.0. The first-order valence-corrected chi connectivity index (χ1v) is 46.3. The van der Waals surface area contributed by atoms with Crippen LogP contribution >= 0.6 is 0 Å². The van der Waals surface area contributed by atoms with Crippen molar-refractivity contribution in [3.63, 3.8) is 0 Å². The van der Waals surface area contributed by atoms with Crippen LogP contribution in [-0.2, 0) is 0 Å². The minimum atomic E-state index is 0.860. The third-order valence-corrected chi connectivity index (χ3v) is 27.3. The van der Waals surface area contributed by atoms with E-state index in [9.17, 15) is 0 Å². The third kappa shape index (κ3) is 13.7. The van der Waals surface area contributed by atoms with Gasteiger partial charge in [-0.25, -0.2) is 0 Å². The SMILES string of the molecule is c1ccc(-c2ccc(N(c3ccc4c(c3)oc3ccccc34)c3ccc4c(c3)oc3ccccc34)c3ccccc23)cc1.c1ccc2c(-c3ccc4cc(N(c5ccc6c(c5)oc5ccccc56)c5ccc6c(c5)oc5ccccc56)ccc4c3)cccc2c1.c1ccc2cc(-c3ccc4cc(N(c5ccc6c(c5)oc5ccccc56)c5ccc6c(c5)oc5ccccc56)ccc4c3)ccc2c1. The van der Waals surface area contributed by atoms with E-state index in [2.05, 4.69) is 421 Å². The number of furan rings is 6. The lowest BCUT2D eigenvalue weighted by atomic mass is 9.96. The lowest BCUT2D eigenvalue weighted by Crippen LogP contribution is -2.10. The van der Waals surface area contributed by atoms with Crippen molar-refractivity contribution in [2.45, 2.75) is 0 Å². The summed E-state index contributed by atoms with van der Waals surface area (Å²) in [5.41, 5.74) is 27.1. The molecule has 642 valence electrons. The molecule has 0 saturated carbocycles. The molecular weight excluding hydrogens is 1680 g/mol. The Morgan fingerprint density at radius 1 is 0.117 bits per heavy atom. The van der Waals surface area contributed by atoms with Gasteiger partial charge >= 0.3 is 0 Å². The van der Waals surface area contributed by atoms with Gasteiger partial charge < -0.3 is 41.2 Å². The standard InChI is InChI=1S/2C44H27NO2.C40H25NO2/c1-2-10-35-28(8-1)9-7-13-36(35)31-17-16-30-25-32(19-18-29(30)24-31)45(33-20-22-39-37-11-3-5-14-41(37)46-43(39)26-33)34-21-23-40-38-12-4-6-15-42(38)47-44(40)27-34;1-2-8-29-23-30(14-13-28(29)7-1)31-15-16-33-25-34(18-17-32(33)24-31)45(35-19-21-39-37-9-3-5-11-41(37)46-43(39)26-35)36-20-22-40-38-10-4-6-12-42(38)47-44(40)27-36;1-2-10-26(11-3-1)29-22-23-36(31-13-5-4-12-30(29)31)41(27-18-20-34-32-14-6-8-16-37(32)42-39(34)24-27)28-19-21-35-33-15-7-9-17-38(33)43-40(35)25-28/h2*1-27H;1-25H. The zero-order valence-electron chi connectivity index (χ0n) is 73.9. The number of benzene rings is 23. The molecule has 0 spiro atoms. The van der Waals surface area contributed by atoms with Gasteiger partial charge in [0.05, 0.1) is 5.69 Å². The summed E-state index contributed by atoms with van der Waals surface area (Å²) >= 11 is 0. The lowest BCUT2D eigenvalue weighted by Gasteiger charge is -2.27. The Hall–Kier alpha value is -18.4. The van der Waals surface area contributed by atoms with Crippen molar-refractivity contribution < 1.29 is 26.5 Å². The Labute approximate surface area is 785 Å². The van der Waals surface area contributed by atoms with Crippen LogP contribution in [0.1, 0.15) is 0 Å². The van der Waals surface area contributed by atoms with Crippen molar-refractivity contribution in [2.24, 2.45) is 0 Å². The zero-order valence-corrected chi connectivity index (χ0v) is 73.9. The summed E-state index contributed by atoms with van der Waals surface area (Å²) in [6, 6.07) is 169. The van der Waals surface area contributed by atoms with Crippen molar-refractivity contribution >= 4 is 237 Å². The third-order valence-electron chi connectivity index (χ3n) is 27.3. The number of nitrogens with zero attached hydrogens (tertiary/aromatic N) is 3.